The van der Waals surface area contributed by atoms with Gasteiger partial charge in [-0.2, -0.15) is 0 Å². The summed E-state index contributed by atoms with van der Waals surface area (Å²) in [6.45, 7) is 6.30. The molecule has 0 spiro atoms. The Kier molecular flexibility index (Phi) is 8.15. The minimum atomic E-state index is -3.81. The second-order valence-corrected chi connectivity index (χ2v) is 10.4. The average molecular weight is 436 g/mol. The van der Waals surface area contributed by atoms with Crippen LogP contribution in [0.1, 0.15) is 63.6 Å². The Hall–Kier alpha value is -2.25. The standard InChI is InChI=1S/C23H30FNO4S/c1-23(2,3)16-15-21(25-30(28,29)20-13-11-19(24)12-14-20)18-9-7-17(8-10-18)5-4-6-22(26)27/h7-14,21,25H,4-6,15-16H2,1-3H3,(H,26,27). The molecule has 2 N–H and O–H groups in total. The molecule has 0 fully saturated rings. The quantitative estimate of drug-likeness (QED) is 0.545. The van der Waals surface area contributed by atoms with E-state index in [0.29, 0.717) is 19.3 Å². The van der Waals surface area contributed by atoms with Gasteiger partial charge in [-0.25, -0.2) is 17.5 Å². The number of carboxylic acid groups (broad SMARTS) is 1. The summed E-state index contributed by atoms with van der Waals surface area (Å²) in [4.78, 5) is 10.7. The Labute approximate surface area is 178 Å². The second kappa shape index (κ2) is 10.2. The van der Waals surface area contributed by atoms with Crippen molar-refractivity contribution in [2.45, 2.75) is 63.8 Å². The maximum absolute atomic E-state index is 13.2. The van der Waals surface area contributed by atoms with E-state index in [9.17, 15) is 17.6 Å². The zero-order chi connectivity index (χ0) is 22.4. The van der Waals surface area contributed by atoms with Gasteiger partial charge in [-0.05, 0) is 66.5 Å². The second-order valence-electron chi connectivity index (χ2n) is 8.72. The van der Waals surface area contributed by atoms with Crippen LogP contribution in [0.15, 0.2) is 53.4 Å². The predicted molar refractivity (Wildman–Crippen MR) is 115 cm³/mol. The van der Waals surface area contributed by atoms with Crippen LogP contribution in [0.25, 0.3) is 0 Å². The first-order valence-electron chi connectivity index (χ1n) is 10.0. The van der Waals surface area contributed by atoms with Crippen LogP contribution in [0.2, 0.25) is 0 Å². The zero-order valence-corrected chi connectivity index (χ0v) is 18.5. The Bertz CT molecular complexity index is 933. The first-order chi connectivity index (χ1) is 14.0. The van der Waals surface area contributed by atoms with Crippen LogP contribution in [0.3, 0.4) is 0 Å². The zero-order valence-electron chi connectivity index (χ0n) is 17.7. The number of aryl methyl sites for hydroxylation is 1. The van der Waals surface area contributed by atoms with E-state index < -0.39 is 27.9 Å². The van der Waals surface area contributed by atoms with Gasteiger partial charge in [0, 0.05) is 12.5 Å². The van der Waals surface area contributed by atoms with Crippen molar-refractivity contribution in [1.29, 1.82) is 0 Å². The molecule has 2 rings (SSSR count). The molecule has 2 aromatic carbocycles. The number of aliphatic carboxylic acids is 1. The minimum absolute atomic E-state index is 0.0231. The first-order valence-corrected chi connectivity index (χ1v) is 11.5. The monoisotopic (exact) mass is 435 g/mol. The Morgan fingerprint density at radius 1 is 1.07 bits per heavy atom. The van der Waals surface area contributed by atoms with E-state index in [1.165, 1.54) is 12.1 Å². The van der Waals surface area contributed by atoms with E-state index in [1.54, 1.807) is 0 Å². The van der Waals surface area contributed by atoms with Crippen molar-refractivity contribution in [3.05, 3.63) is 65.5 Å². The Morgan fingerprint density at radius 2 is 1.67 bits per heavy atom. The Balaban J connectivity index is 2.20. The molecule has 0 bridgehead atoms. The molecular formula is C23H30FNO4S. The summed E-state index contributed by atoms with van der Waals surface area (Å²) in [7, 11) is -3.81. The maximum atomic E-state index is 13.2. The Morgan fingerprint density at radius 3 is 2.20 bits per heavy atom. The number of hydrogen-bond acceptors (Lipinski definition) is 3. The molecule has 0 saturated carbocycles. The lowest BCUT2D eigenvalue weighted by atomic mass is 9.87. The number of sulfonamides is 1. The molecule has 0 aliphatic heterocycles. The minimum Gasteiger partial charge on any atom is -0.481 e. The summed E-state index contributed by atoms with van der Waals surface area (Å²) >= 11 is 0. The van der Waals surface area contributed by atoms with Crippen molar-refractivity contribution in [3.63, 3.8) is 0 Å². The molecule has 164 valence electrons. The van der Waals surface area contributed by atoms with E-state index in [0.717, 1.165) is 29.7 Å². The largest absolute Gasteiger partial charge is 0.481 e. The van der Waals surface area contributed by atoms with E-state index in [4.69, 9.17) is 5.11 Å². The number of benzene rings is 2. The molecule has 7 heteroatoms. The van der Waals surface area contributed by atoms with Crippen molar-refractivity contribution in [3.8, 4) is 0 Å². The molecule has 1 unspecified atom stereocenters. The molecule has 0 aromatic heterocycles. The van der Waals surface area contributed by atoms with Crippen molar-refractivity contribution in [2.75, 3.05) is 0 Å². The fourth-order valence-electron chi connectivity index (χ4n) is 3.10. The van der Waals surface area contributed by atoms with Crippen molar-refractivity contribution < 1.29 is 22.7 Å². The van der Waals surface area contributed by atoms with Crippen LogP contribution in [0.5, 0.6) is 0 Å². The highest BCUT2D eigenvalue weighted by Crippen LogP contribution is 2.29. The highest BCUT2D eigenvalue weighted by molar-refractivity contribution is 7.89. The van der Waals surface area contributed by atoms with Gasteiger partial charge in [-0.3, -0.25) is 4.79 Å². The molecule has 2 aromatic rings. The van der Waals surface area contributed by atoms with Gasteiger partial charge in [-0.15, -0.1) is 0 Å². The van der Waals surface area contributed by atoms with Gasteiger partial charge >= 0.3 is 5.97 Å². The summed E-state index contributed by atoms with van der Waals surface area (Å²) in [6, 6.07) is 11.9. The predicted octanol–water partition coefficient (Wildman–Crippen LogP) is 5.08. The van der Waals surface area contributed by atoms with Gasteiger partial charge in [0.1, 0.15) is 5.82 Å². The van der Waals surface area contributed by atoms with Crippen LogP contribution in [0, 0.1) is 11.2 Å². The average Bonchev–Trinajstić information content (AvgIpc) is 2.65. The van der Waals surface area contributed by atoms with Crippen LogP contribution in [-0.4, -0.2) is 19.5 Å². The highest BCUT2D eigenvalue weighted by atomic mass is 32.2. The fourth-order valence-corrected chi connectivity index (χ4v) is 4.36. The summed E-state index contributed by atoms with van der Waals surface area (Å²) in [6.07, 6.45) is 2.75. The van der Waals surface area contributed by atoms with Crippen LogP contribution < -0.4 is 4.72 Å². The molecular weight excluding hydrogens is 405 g/mol. The van der Waals surface area contributed by atoms with E-state index in [-0.39, 0.29) is 16.7 Å². The lowest BCUT2D eigenvalue weighted by Crippen LogP contribution is -2.29. The molecule has 0 radical (unpaired) electrons. The topological polar surface area (TPSA) is 83.5 Å². The van der Waals surface area contributed by atoms with Crippen LogP contribution in [0.4, 0.5) is 4.39 Å². The maximum Gasteiger partial charge on any atom is 0.303 e. The van der Waals surface area contributed by atoms with E-state index in [2.05, 4.69) is 25.5 Å². The third-order valence-corrected chi connectivity index (χ3v) is 6.33. The first kappa shape index (κ1) is 24.0. The molecule has 0 aliphatic carbocycles. The smallest absolute Gasteiger partial charge is 0.303 e. The molecule has 0 amide bonds. The molecule has 0 saturated heterocycles. The van der Waals surface area contributed by atoms with Gasteiger partial charge in [0.25, 0.3) is 0 Å². The fraction of sp³-hybridized carbons (Fsp3) is 0.435. The third kappa shape index (κ3) is 7.88. The van der Waals surface area contributed by atoms with Crippen molar-refractivity contribution >= 4 is 16.0 Å². The van der Waals surface area contributed by atoms with Gasteiger partial charge in [0.15, 0.2) is 0 Å². The van der Waals surface area contributed by atoms with E-state index in [1.807, 2.05) is 24.3 Å². The van der Waals surface area contributed by atoms with E-state index >= 15 is 0 Å². The molecule has 0 heterocycles. The normalized spacial score (nSPS) is 13.2. The molecule has 1 atom stereocenters. The van der Waals surface area contributed by atoms with Crippen molar-refractivity contribution in [1.82, 2.24) is 4.72 Å². The van der Waals surface area contributed by atoms with Crippen LogP contribution in [-0.2, 0) is 21.2 Å². The number of carboxylic acids is 1. The molecule has 0 aliphatic rings. The number of nitrogens with one attached hydrogen (secondary N) is 1. The number of carbonyl (C=O) groups is 1. The highest BCUT2D eigenvalue weighted by Gasteiger charge is 2.23. The lowest BCUT2D eigenvalue weighted by Gasteiger charge is -2.24. The summed E-state index contributed by atoms with van der Waals surface area (Å²) in [5, 5.41) is 8.76. The summed E-state index contributed by atoms with van der Waals surface area (Å²) < 4.78 is 41.6. The molecule has 30 heavy (non-hydrogen) atoms. The van der Waals surface area contributed by atoms with Gasteiger partial charge in [0.2, 0.25) is 10.0 Å². The number of halogens is 1. The SMILES string of the molecule is CC(C)(C)CCC(NS(=O)(=O)c1ccc(F)cc1)c1ccc(CCCC(=O)O)cc1. The van der Waals surface area contributed by atoms with Crippen molar-refractivity contribution in [2.24, 2.45) is 5.41 Å². The number of hydrogen-bond donors (Lipinski definition) is 2. The summed E-state index contributed by atoms with van der Waals surface area (Å²) in [5.74, 6) is -1.30. The number of rotatable bonds is 10. The third-order valence-electron chi connectivity index (χ3n) is 4.84. The van der Waals surface area contributed by atoms with Gasteiger partial charge in [0.05, 0.1) is 4.90 Å². The van der Waals surface area contributed by atoms with Gasteiger partial charge < -0.3 is 5.11 Å². The van der Waals surface area contributed by atoms with Gasteiger partial charge in [-0.1, -0.05) is 45.0 Å². The lowest BCUT2D eigenvalue weighted by molar-refractivity contribution is -0.137. The molecule has 5 nitrogen and oxygen atoms in total. The van der Waals surface area contributed by atoms with Crippen LogP contribution >= 0.6 is 0 Å². The summed E-state index contributed by atoms with van der Waals surface area (Å²) in [5.41, 5.74) is 1.89.